The summed E-state index contributed by atoms with van der Waals surface area (Å²) < 4.78 is 5.70. The smallest absolute Gasteiger partial charge is 0.255 e. The standard InChI is InChI=1S/C19H13Cl2NO2/c20-14-8-11-18(17(21)12-14)22-19(23)13-6-9-16(10-7-13)24-15-4-2-1-3-5-15/h1-12H,(H,22,23). The van der Waals surface area contributed by atoms with Gasteiger partial charge in [0.2, 0.25) is 0 Å². The Kier molecular flexibility index (Phi) is 5.04. The summed E-state index contributed by atoms with van der Waals surface area (Å²) in [6, 6.07) is 21.2. The zero-order chi connectivity index (χ0) is 16.9. The minimum absolute atomic E-state index is 0.259. The molecule has 0 heterocycles. The second-order valence-corrected chi connectivity index (χ2v) is 5.86. The topological polar surface area (TPSA) is 38.3 Å². The molecule has 0 saturated heterocycles. The van der Waals surface area contributed by atoms with E-state index in [0.717, 1.165) is 5.75 Å². The van der Waals surface area contributed by atoms with Crippen molar-refractivity contribution in [3.63, 3.8) is 0 Å². The lowest BCUT2D eigenvalue weighted by Crippen LogP contribution is -2.12. The summed E-state index contributed by atoms with van der Waals surface area (Å²) in [5, 5.41) is 3.66. The maximum atomic E-state index is 12.3. The predicted molar refractivity (Wildman–Crippen MR) is 97.4 cm³/mol. The number of para-hydroxylation sites is 1. The summed E-state index contributed by atoms with van der Waals surface area (Å²) >= 11 is 11.9. The summed E-state index contributed by atoms with van der Waals surface area (Å²) in [4.78, 5) is 12.3. The summed E-state index contributed by atoms with van der Waals surface area (Å²) in [5.74, 6) is 1.13. The van der Waals surface area contributed by atoms with Crippen LogP contribution in [0.4, 0.5) is 5.69 Å². The van der Waals surface area contributed by atoms with Crippen LogP contribution in [0.15, 0.2) is 72.8 Å². The summed E-state index contributed by atoms with van der Waals surface area (Å²) in [7, 11) is 0. The lowest BCUT2D eigenvalue weighted by Gasteiger charge is -2.09. The van der Waals surface area contributed by atoms with Crippen LogP contribution < -0.4 is 10.1 Å². The van der Waals surface area contributed by atoms with Crippen LogP contribution in [0.25, 0.3) is 0 Å². The fraction of sp³-hybridized carbons (Fsp3) is 0. The average molecular weight is 358 g/mol. The molecule has 0 unspecified atom stereocenters. The third-order valence-corrected chi connectivity index (χ3v) is 3.82. The lowest BCUT2D eigenvalue weighted by molar-refractivity contribution is 0.102. The Hall–Kier alpha value is -2.49. The largest absolute Gasteiger partial charge is 0.457 e. The van der Waals surface area contributed by atoms with Crippen LogP contribution in [0.3, 0.4) is 0 Å². The Morgan fingerprint density at radius 1 is 0.833 bits per heavy atom. The van der Waals surface area contributed by atoms with Crippen molar-refractivity contribution in [3.05, 3.63) is 88.4 Å². The maximum absolute atomic E-state index is 12.3. The highest BCUT2D eigenvalue weighted by molar-refractivity contribution is 6.36. The van der Waals surface area contributed by atoms with Gasteiger partial charge in [0.1, 0.15) is 11.5 Å². The molecular weight excluding hydrogens is 345 g/mol. The van der Waals surface area contributed by atoms with Crippen LogP contribution in [0.5, 0.6) is 11.5 Å². The lowest BCUT2D eigenvalue weighted by atomic mass is 10.2. The van der Waals surface area contributed by atoms with Crippen molar-refractivity contribution in [2.45, 2.75) is 0 Å². The third kappa shape index (κ3) is 4.07. The van der Waals surface area contributed by atoms with E-state index in [1.165, 1.54) is 0 Å². The Morgan fingerprint density at radius 2 is 1.50 bits per heavy atom. The van der Waals surface area contributed by atoms with E-state index in [9.17, 15) is 4.79 Å². The molecule has 0 aromatic heterocycles. The van der Waals surface area contributed by atoms with Gasteiger partial charge in [-0.1, -0.05) is 41.4 Å². The van der Waals surface area contributed by atoms with Gasteiger partial charge >= 0.3 is 0 Å². The van der Waals surface area contributed by atoms with Gasteiger partial charge in [-0.15, -0.1) is 0 Å². The number of nitrogens with one attached hydrogen (secondary N) is 1. The van der Waals surface area contributed by atoms with Gasteiger partial charge in [-0.05, 0) is 54.6 Å². The van der Waals surface area contributed by atoms with Gasteiger partial charge in [0.25, 0.3) is 5.91 Å². The molecule has 0 radical (unpaired) electrons. The number of hydrogen-bond acceptors (Lipinski definition) is 2. The van der Waals surface area contributed by atoms with Crippen LogP contribution in [-0.4, -0.2) is 5.91 Å². The number of benzene rings is 3. The molecule has 3 nitrogen and oxygen atoms in total. The fourth-order valence-electron chi connectivity index (χ4n) is 2.08. The summed E-state index contributed by atoms with van der Waals surface area (Å²) in [6.45, 7) is 0. The van der Waals surface area contributed by atoms with E-state index in [2.05, 4.69) is 5.32 Å². The Bertz CT molecular complexity index is 849. The first kappa shape index (κ1) is 16.4. The predicted octanol–water partition coefficient (Wildman–Crippen LogP) is 6.04. The Balaban J connectivity index is 1.69. The number of hydrogen-bond donors (Lipinski definition) is 1. The molecular formula is C19H13Cl2NO2. The first-order valence-corrected chi connectivity index (χ1v) is 7.97. The van der Waals surface area contributed by atoms with Gasteiger partial charge < -0.3 is 10.1 Å². The van der Waals surface area contributed by atoms with Gasteiger partial charge in [-0.3, -0.25) is 4.79 Å². The molecule has 0 fully saturated rings. The van der Waals surface area contributed by atoms with Crippen LogP contribution in [0.1, 0.15) is 10.4 Å². The number of rotatable bonds is 4. The number of carbonyl (C=O) groups is 1. The molecule has 0 aliphatic carbocycles. The molecule has 0 bridgehead atoms. The zero-order valence-electron chi connectivity index (χ0n) is 12.5. The average Bonchev–Trinajstić information content (AvgIpc) is 2.59. The summed E-state index contributed by atoms with van der Waals surface area (Å²) in [5.41, 5.74) is 1.01. The molecule has 5 heteroatoms. The molecule has 0 spiro atoms. The SMILES string of the molecule is O=C(Nc1ccc(Cl)cc1Cl)c1ccc(Oc2ccccc2)cc1. The van der Waals surface area contributed by atoms with Crippen LogP contribution >= 0.6 is 23.2 Å². The van der Waals surface area contributed by atoms with Gasteiger partial charge in [0, 0.05) is 10.6 Å². The van der Waals surface area contributed by atoms with E-state index in [1.807, 2.05) is 30.3 Å². The first-order chi connectivity index (χ1) is 11.6. The molecule has 0 aliphatic heterocycles. The number of amides is 1. The van der Waals surface area contributed by atoms with Crippen molar-refractivity contribution in [1.29, 1.82) is 0 Å². The van der Waals surface area contributed by atoms with E-state index >= 15 is 0 Å². The molecule has 3 rings (SSSR count). The minimum Gasteiger partial charge on any atom is -0.457 e. The Morgan fingerprint density at radius 3 is 2.17 bits per heavy atom. The number of ether oxygens (including phenoxy) is 1. The Labute approximate surface area is 149 Å². The first-order valence-electron chi connectivity index (χ1n) is 7.21. The van der Waals surface area contributed by atoms with Crippen LogP contribution in [0.2, 0.25) is 10.0 Å². The third-order valence-electron chi connectivity index (χ3n) is 3.27. The molecule has 0 saturated carbocycles. The zero-order valence-corrected chi connectivity index (χ0v) is 14.0. The molecule has 3 aromatic rings. The van der Waals surface area contributed by atoms with Crippen LogP contribution in [0, 0.1) is 0 Å². The van der Waals surface area contributed by atoms with E-state index in [0.29, 0.717) is 27.0 Å². The second-order valence-electron chi connectivity index (χ2n) is 5.02. The summed E-state index contributed by atoms with van der Waals surface area (Å²) in [6.07, 6.45) is 0. The molecule has 120 valence electrons. The highest BCUT2D eigenvalue weighted by Gasteiger charge is 2.09. The number of halogens is 2. The van der Waals surface area contributed by atoms with Crippen molar-refractivity contribution >= 4 is 34.8 Å². The van der Waals surface area contributed by atoms with Gasteiger partial charge in [-0.25, -0.2) is 0 Å². The van der Waals surface area contributed by atoms with E-state index < -0.39 is 0 Å². The number of anilines is 1. The van der Waals surface area contributed by atoms with Crippen molar-refractivity contribution < 1.29 is 9.53 Å². The second kappa shape index (κ2) is 7.39. The molecule has 3 aromatic carbocycles. The van der Waals surface area contributed by atoms with Gasteiger partial charge in [0.15, 0.2) is 0 Å². The number of carbonyl (C=O) groups excluding carboxylic acids is 1. The van der Waals surface area contributed by atoms with Gasteiger partial charge in [-0.2, -0.15) is 0 Å². The minimum atomic E-state index is -0.259. The molecule has 24 heavy (non-hydrogen) atoms. The van der Waals surface area contributed by atoms with Crippen molar-refractivity contribution in [1.82, 2.24) is 0 Å². The van der Waals surface area contributed by atoms with Crippen molar-refractivity contribution in [2.75, 3.05) is 5.32 Å². The molecule has 0 aliphatic rings. The van der Waals surface area contributed by atoms with Crippen LogP contribution in [-0.2, 0) is 0 Å². The van der Waals surface area contributed by atoms with E-state index in [1.54, 1.807) is 42.5 Å². The monoisotopic (exact) mass is 357 g/mol. The normalized spacial score (nSPS) is 10.2. The van der Waals surface area contributed by atoms with E-state index in [-0.39, 0.29) is 5.91 Å². The highest BCUT2D eigenvalue weighted by atomic mass is 35.5. The molecule has 1 N–H and O–H groups in total. The molecule has 0 atom stereocenters. The quantitative estimate of drug-likeness (QED) is 0.618. The van der Waals surface area contributed by atoms with E-state index in [4.69, 9.17) is 27.9 Å². The molecule has 1 amide bonds. The highest BCUT2D eigenvalue weighted by Crippen LogP contribution is 2.26. The maximum Gasteiger partial charge on any atom is 0.255 e. The van der Waals surface area contributed by atoms with Gasteiger partial charge in [0.05, 0.1) is 10.7 Å². The van der Waals surface area contributed by atoms with Crippen molar-refractivity contribution in [2.24, 2.45) is 0 Å². The van der Waals surface area contributed by atoms with Crippen molar-refractivity contribution in [3.8, 4) is 11.5 Å². The fourth-order valence-corrected chi connectivity index (χ4v) is 2.54.